The van der Waals surface area contributed by atoms with E-state index < -0.39 is 0 Å². The van der Waals surface area contributed by atoms with Gasteiger partial charge in [-0.3, -0.25) is 4.98 Å². The Hall–Kier alpha value is -0.960. The molecule has 0 aromatic carbocycles. The van der Waals surface area contributed by atoms with Crippen LogP contribution in [0.3, 0.4) is 0 Å². The fourth-order valence-electron chi connectivity index (χ4n) is 0.911. The SMILES string of the molecule is C[C@H](O)CCc1ccc(F)cn1. The molecule has 0 aliphatic carbocycles. The molecular formula is C9H12FNO. The van der Waals surface area contributed by atoms with Gasteiger partial charge in [0.25, 0.3) is 0 Å². The van der Waals surface area contributed by atoms with Gasteiger partial charge in [-0.1, -0.05) is 0 Å². The van der Waals surface area contributed by atoms with E-state index in [-0.39, 0.29) is 11.9 Å². The van der Waals surface area contributed by atoms with E-state index >= 15 is 0 Å². The smallest absolute Gasteiger partial charge is 0.141 e. The summed E-state index contributed by atoms with van der Waals surface area (Å²) in [6.07, 6.45) is 2.23. The molecule has 0 radical (unpaired) electrons. The maximum atomic E-state index is 12.4. The van der Waals surface area contributed by atoms with Crippen molar-refractivity contribution in [2.24, 2.45) is 0 Å². The lowest BCUT2D eigenvalue weighted by Gasteiger charge is -2.02. The van der Waals surface area contributed by atoms with Gasteiger partial charge in [-0.05, 0) is 31.9 Å². The molecule has 0 unspecified atom stereocenters. The first-order valence-electron chi connectivity index (χ1n) is 3.97. The molecule has 0 aliphatic rings. The fourth-order valence-corrected chi connectivity index (χ4v) is 0.911. The van der Waals surface area contributed by atoms with Gasteiger partial charge in [0.2, 0.25) is 0 Å². The Labute approximate surface area is 71.1 Å². The quantitative estimate of drug-likeness (QED) is 0.744. The molecule has 12 heavy (non-hydrogen) atoms. The standard InChI is InChI=1S/C9H12FNO/c1-7(12)2-4-9-5-3-8(10)6-11-9/h3,5-7,12H,2,4H2,1H3/t7-/m0/s1. The normalized spacial score (nSPS) is 12.9. The van der Waals surface area contributed by atoms with Crippen molar-refractivity contribution in [3.05, 3.63) is 29.8 Å². The summed E-state index contributed by atoms with van der Waals surface area (Å²) in [4.78, 5) is 3.86. The largest absolute Gasteiger partial charge is 0.393 e. The first kappa shape index (κ1) is 9.13. The van der Waals surface area contributed by atoms with E-state index in [2.05, 4.69) is 4.98 Å². The van der Waals surface area contributed by atoms with Crippen LogP contribution in [0.2, 0.25) is 0 Å². The monoisotopic (exact) mass is 169 g/mol. The molecule has 2 nitrogen and oxygen atoms in total. The third kappa shape index (κ3) is 2.96. The van der Waals surface area contributed by atoms with Crippen molar-refractivity contribution in [2.75, 3.05) is 0 Å². The predicted molar refractivity (Wildman–Crippen MR) is 44.2 cm³/mol. The molecule has 1 aromatic rings. The summed E-state index contributed by atoms with van der Waals surface area (Å²) in [5.74, 6) is -0.323. The number of aryl methyl sites for hydroxylation is 1. The number of pyridine rings is 1. The Morgan fingerprint density at radius 3 is 2.83 bits per heavy atom. The number of hydrogen-bond acceptors (Lipinski definition) is 2. The Balaban J connectivity index is 2.48. The van der Waals surface area contributed by atoms with Crippen molar-refractivity contribution in [1.29, 1.82) is 0 Å². The summed E-state index contributed by atoms with van der Waals surface area (Å²) in [6.45, 7) is 1.73. The van der Waals surface area contributed by atoms with E-state index in [0.29, 0.717) is 12.8 Å². The van der Waals surface area contributed by atoms with Crippen molar-refractivity contribution in [3.8, 4) is 0 Å². The van der Waals surface area contributed by atoms with Crippen LogP contribution in [0, 0.1) is 5.82 Å². The predicted octanol–water partition coefficient (Wildman–Crippen LogP) is 1.53. The molecule has 0 spiro atoms. The van der Waals surface area contributed by atoms with Crippen LogP contribution in [0.1, 0.15) is 19.0 Å². The molecule has 0 bridgehead atoms. The van der Waals surface area contributed by atoms with Gasteiger partial charge in [0, 0.05) is 5.69 Å². The highest BCUT2D eigenvalue weighted by Crippen LogP contribution is 2.03. The van der Waals surface area contributed by atoms with Crippen molar-refractivity contribution in [3.63, 3.8) is 0 Å². The van der Waals surface area contributed by atoms with Crippen LogP contribution in [-0.2, 0) is 6.42 Å². The highest BCUT2D eigenvalue weighted by Gasteiger charge is 1.98. The second-order valence-corrected chi connectivity index (χ2v) is 2.86. The van der Waals surface area contributed by atoms with Gasteiger partial charge < -0.3 is 5.11 Å². The third-order valence-corrected chi connectivity index (χ3v) is 1.61. The maximum absolute atomic E-state index is 12.4. The number of rotatable bonds is 3. The van der Waals surface area contributed by atoms with Crippen molar-refractivity contribution in [2.45, 2.75) is 25.9 Å². The number of aliphatic hydroxyl groups is 1. The molecule has 1 heterocycles. The van der Waals surface area contributed by atoms with E-state index in [4.69, 9.17) is 5.11 Å². The van der Waals surface area contributed by atoms with Crippen LogP contribution in [-0.4, -0.2) is 16.2 Å². The van der Waals surface area contributed by atoms with Gasteiger partial charge >= 0.3 is 0 Å². The molecule has 1 atom stereocenters. The van der Waals surface area contributed by atoms with Crippen molar-refractivity contribution >= 4 is 0 Å². The Bertz CT molecular complexity index is 233. The minimum Gasteiger partial charge on any atom is -0.393 e. The van der Waals surface area contributed by atoms with Crippen LogP contribution in [0.25, 0.3) is 0 Å². The van der Waals surface area contributed by atoms with Crippen LogP contribution in [0.15, 0.2) is 18.3 Å². The van der Waals surface area contributed by atoms with E-state index in [9.17, 15) is 4.39 Å². The summed E-state index contributed by atoms with van der Waals surface area (Å²) in [7, 11) is 0. The number of halogens is 1. The summed E-state index contributed by atoms with van der Waals surface area (Å²) in [5.41, 5.74) is 0.817. The summed E-state index contributed by atoms with van der Waals surface area (Å²) in [5, 5.41) is 8.97. The molecule has 0 aliphatic heterocycles. The minimum atomic E-state index is -0.323. The molecule has 1 aromatic heterocycles. The maximum Gasteiger partial charge on any atom is 0.141 e. The zero-order valence-corrected chi connectivity index (χ0v) is 7.00. The number of aromatic nitrogens is 1. The molecule has 1 N–H and O–H groups in total. The van der Waals surface area contributed by atoms with Gasteiger partial charge in [-0.2, -0.15) is 0 Å². The number of hydrogen-bond donors (Lipinski definition) is 1. The minimum absolute atomic E-state index is 0.322. The lowest BCUT2D eigenvalue weighted by molar-refractivity contribution is 0.184. The lowest BCUT2D eigenvalue weighted by atomic mass is 10.1. The number of nitrogens with zero attached hydrogens (tertiary/aromatic N) is 1. The second kappa shape index (κ2) is 4.16. The van der Waals surface area contributed by atoms with Gasteiger partial charge in [0.15, 0.2) is 0 Å². The highest BCUT2D eigenvalue weighted by molar-refractivity contribution is 5.05. The summed E-state index contributed by atoms with van der Waals surface area (Å²) in [6, 6.07) is 3.02. The van der Waals surface area contributed by atoms with Crippen molar-refractivity contribution < 1.29 is 9.50 Å². The van der Waals surface area contributed by atoms with Crippen LogP contribution in [0.4, 0.5) is 4.39 Å². The van der Waals surface area contributed by atoms with Crippen LogP contribution in [0.5, 0.6) is 0 Å². The highest BCUT2D eigenvalue weighted by atomic mass is 19.1. The fraction of sp³-hybridized carbons (Fsp3) is 0.444. The van der Waals surface area contributed by atoms with Crippen LogP contribution >= 0.6 is 0 Å². The molecular weight excluding hydrogens is 157 g/mol. The Morgan fingerprint density at radius 2 is 2.33 bits per heavy atom. The molecule has 66 valence electrons. The molecule has 0 fully saturated rings. The van der Waals surface area contributed by atoms with E-state index in [0.717, 1.165) is 5.69 Å². The Morgan fingerprint density at radius 1 is 1.58 bits per heavy atom. The summed E-state index contributed by atoms with van der Waals surface area (Å²) >= 11 is 0. The molecule has 0 saturated heterocycles. The van der Waals surface area contributed by atoms with Crippen LogP contribution < -0.4 is 0 Å². The average molecular weight is 169 g/mol. The van der Waals surface area contributed by atoms with Gasteiger partial charge in [0.1, 0.15) is 5.82 Å². The summed E-state index contributed by atoms with van der Waals surface area (Å²) < 4.78 is 12.4. The first-order valence-corrected chi connectivity index (χ1v) is 3.97. The van der Waals surface area contributed by atoms with E-state index in [1.165, 1.54) is 12.3 Å². The average Bonchev–Trinajstić information content (AvgIpc) is 2.03. The lowest BCUT2D eigenvalue weighted by Crippen LogP contribution is -2.02. The third-order valence-electron chi connectivity index (χ3n) is 1.61. The second-order valence-electron chi connectivity index (χ2n) is 2.86. The van der Waals surface area contributed by atoms with Crippen molar-refractivity contribution in [1.82, 2.24) is 4.98 Å². The Kier molecular flexibility index (Phi) is 3.17. The van der Waals surface area contributed by atoms with E-state index in [1.807, 2.05) is 0 Å². The first-order chi connectivity index (χ1) is 5.68. The zero-order valence-electron chi connectivity index (χ0n) is 7.00. The van der Waals surface area contributed by atoms with E-state index in [1.54, 1.807) is 13.0 Å². The molecule has 0 amide bonds. The molecule has 3 heteroatoms. The topological polar surface area (TPSA) is 33.1 Å². The van der Waals surface area contributed by atoms with Gasteiger partial charge in [-0.25, -0.2) is 4.39 Å². The molecule has 0 saturated carbocycles. The van der Waals surface area contributed by atoms with Gasteiger partial charge in [0.05, 0.1) is 12.3 Å². The number of aliphatic hydroxyl groups excluding tert-OH is 1. The molecule has 1 rings (SSSR count). The zero-order chi connectivity index (χ0) is 8.97. The van der Waals surface area contributed by atoms with Gasteiger partial charge in [-0.15, -0.1) is 0 Å².